The molecule has 0 spiro atoms. The number of anilines is 1. The average molecular weight is 410 g/mol. The topological polar surface area (TPSA) is 58.6 Å². The summed E-state index contributed by atoms with van der Waals surface area (Å²) < 4.78 is 19.8. The molecule has 0 saturated carbocycles. The molecular formula is C24H27FN2O3. The van der Waals surface area contributed by atoms with Gasteiger partial charge in [-0.1, -0.05) is 24.3 Å². The molecule has 6 heteroatoms. The van der Waals surface area contributed by atoms with E-state index in [4.69, 9.17) is 4.74 Å². The van der Waals surface area contributed by atoms with Gasteiger partial charge in [-0.3, -0.25) is 9.59 Å². The quantitative estimate of drug-likeness (QED) is 0.811. The highest BCUT2D eigenvalue weighted by molar-refractivity contribution is 5.95. The third-order valence-corrected chi connectivity index (χ3v) is 5.97. The van der Waals surface area contributed by atoms with E-state index in [2.05, 4.69) is 5.32 Å². The Morgan fingerprint density at radius 1 is 1.07 bits per heavy atom. The Kier molecular flexibility index (Phi) is 5.60. The Balaban J connectivity index is 1.59. The van der Waals surface area contributed by atoms with E-state index < -0.39 is 5.54 Å². The number of benzene rings is 2. The lowest BCUT2D eigenvalue weighted by Gasteiger charge is -2.43. The van der Waals surface area contributed by atoms with Gasteiger partial charge in [0.05, 0.1) is 12.2 Å². The van der Waals surface area contributed by atoms with E-state index in [1.54, 1.807) is 12.1 Å². The van der Waals surface area contributed by atoms with E-state index in [1.807, 2.05) is 36.1 Å². The Hall–Kier alpha value is -2.73. The zero-order valence-electron chi connectivity index (χ0n) is 17.4. The SMILES string of the molecule is CC(=O)N[C@@]1(C)C[C@@H](c2ccc(F)cc2)O[C@@H](c2ccc(N3CCCC3=O)cc2)C1. The second-order valence-corrected chi connectivity index (χ2v) is 8.56. The first kappa shape index (κ1) is 20.5. The van der Waals surface area contributed by atoms with E-state index in [0.29, 0.717) is 19.3 Å². The number of rotatable bonds is 4. The normalized spacial score (nSPS) is 26.6. The van der Waals surface area contributed by atoms with Gasteiger partial charge in [-0.15, -0.1) is 0 Å². The standard InChI is InChI=1S/C24H27FN2O3/c1-16(28)26-24(2)14-21(17-5-9-19(25)10-6-17)30-22(15-24)18-7-11-20(12-8-18)27-13-3-4-23(27)29/h5-12,21-22H,3-4,13-15H2,1-2H3,(H,26,28)/t21-,22+,24-/m0/s1. The fourth-order valence-electron chi connectivity index (χ4n) is 4.58. The summed E-state index contributed by atoms with van der Waals surface area (Å²) >= 11 is 0. The molecule has 3 atom stereocenters. The van der Waals surface area contributed by atoms with E-state index >= 15 is 0 Å². The number of hydrogen-bond donors (Lipinski definition) is 1. The van der Waals surface area contributed by atoms with Crippen LogP contribution in [0.2, 0.25) is 0 Å². The molecule has 2 aliphatic heterocycles. The lowest BCUT2D eigenvalue weighted by molar-refractivity contribution is -0.126. The van der Waals surface area contributed by atoms with Crippen LogP contribution in [0.1, 0.15) is 62.9 Å². The third-order valence-electron chi connectivity index (χ3n) is 5.97. The molecule has 2 saturated heterocycles. The van der Waals surface area contributed by atoms with Crippen molar-refractivity contribution in [3.8, 4) is 0 Å². The molecule has 158 valence electrons. The lowest BCUT2D eigenvalue weighted by Crippen LogP contribution is -2.50. The first-order valence-electron chi connectivity index (χ1n) is 10.4. The van der Waals surface area contributed by atoms with Crippen LogP contribution in [0.3, 0.4) is 0 Å². The van der Waals surface area contributed by atoms with Crippen molar-refractivity contribution < 1.29 is 18.7 Å². The maximum atomic E-state index is 13.4. The number of hydrogen-bond acceptors (Lipinski definition) is 3. The number of ether oxygens (including phenoxy) is 1. The van der Waals surface area contributed by atoms with Crippen LogP contribution in [0.4, 0.5) is 10.1 Å². The van der Waals surface area contributed by atoms with E-state index in [9.17, 15) is 14.0 Å². The van der Waals surface area contributed by atoms with Gasteiger partial charge in [0.15, 0.2) is 0 Å². The molecule has 2 amide bonds. The fraction of sp³-hybridized carbons (Fsp3) is 0.417. The zero-order chi connectivity index (χ0) is 21.3. The maximum Gasteiger partial charge on any atom is 0.227 e. The van der Waals surface area contributed by atoms with Gasteiger partial charge in [0, 0.05) is 44.0 Å². The molecule has 2 fully saturated rings. The molecule has 0 bridgehead atoms. The molecule has 30 heavy (non-hydrogen) atoms. The van der Waals surface area contributed by atoms with E-state index in [-0.39, 0.29) is 29.8 Å². The van der Waals surface area contributed by atoms with Crippen LogP contribution in [-0.4, -0.2) is 23.9 Å². The maximum absolute atomic E-state index is 13.4. The van der Waals surface area contributed by atoms with Crippen molar-refractivity contribution in [3.63, 3.8) is 0 Å². The van der Waals surface area contributed by atoms with Crippen molar-refractivity contribution in [2.24, 2.45) is 0 Å². The fourth-order valence-corrected chi connectivity index (χ4v) is 4.58. The minimum Gasteiger partial charge on any atom is -0.365 e. The Morgan fingerprint density at radius 3 is 2.13 bits per heavy atom. The summed E-state index contributed by atoms with van der Waals surface area (Å²) in [5.41, 5.74) is 2.33. The lowest BCUT2D eigenvalue weighted by atomic mass is 9.81. The summed E-state index contributed by atoms with van der Waals surface area (Å²) in [6, 6.07) is 14.2. The molecular weight excluding hydrogens is 383 g/mol. The van der Waals surface area contributed by atoms with Gasteiger partial charge >= 0.3 is 0 Å². The van der Waals surface area contributed by atoms with Gasteiger partial charge in [0.2, 0.25) is 11.8 Å². The van der Waals surface area contributed by atoms with Crippen LogP contribution in [0.5, 0.6) is 0 Å². The second kappa shape index (κ2) is 8.19. The van der Waals surface area contributed by atoms with Crippen molar-refractivity contribution in [2.45, 2.75) is 57.3 Å². The van der Waals surface area contributed by atoms with Gasteiger partial charge in [-0.25, -0.2) is 4.39 Å². The zero-order valence-corrected chi connectivity index (χ0v) is 17.4. The molecule has 0 unspecified atom stereocenters. The van der Waals surface area contributed by atoms with Crippen LogP contribution >= 0.6 is 0 Å². The van der Waals surface area contributed by atoms with Gasteiger partial charge in [-0.2, -0.15) is 0 Å². The number of amides is 2. The predicted molar refractivity (Wildman–Crippen MR) is 112 cm³/mol. The summed E-state index contributed by atoms with van der Waals surface area (Å²) in [5, 5.41) is 3.09. The minimum atomic E-state index is -0.447. The molecule has 0 aliphatic carbocycles. The second-order valence-electron chi connectivity index (χ2n) is 8.56. The highest BCUT2D eigenvalue weighted by Gasteiger charge is 2.40. The summed E-state index contributed by atoms with van der Waals surface area (Å²) in [5.74, 6) is -0.215. The molecule has 0 aromatic heterocycles. The largest absolute Gasteiger partial charge is 0.365 e. The van der Waals surface area contributed by atoms with Crippen molar-refractivity contribution in [2.75, 3.05) is 11.4 Å². The minimum absolute atomic E-state index is 0.0844. The summed E-state index contributed by atoms with van der Waals surface area (Å²) in [7, 11) is 0. The Morgan fingerprint density at radius 2 is 1.63 bits per heavy atom. The Bertz CT molecular complexity index is 928. The number of nitrogens with zero attached hydrogens (tertiary/aromatic N) is 1. The molecule has 2 aromatic rings. The highest BCUT2D eigenvalue weighted by atomic mass is 19.1. The van der Waals surface area contributed by atoms with Crippen LogP contribution in [0.25, 0.3) is 0 Å². The summed E-state index contributed by atoms with van der Waals surface area (Å²) in [6.07, 6.45) is 2.24. The predicted octanol–water partition coefficient (Wildman–Crippen LogP) is 4.44. The van der Waals surface area contributed by atoms with Gasteiger partial charge in [0.25, 0.3) is 0 Å². The molecule has 2 aliphatic rings. The monoisotopic (exact) mass is 410 g/mol. The van der Waals surface area contributed by atoms with Crippen LogP contribution in [0.15, 0.2) is 48.5 Å². The molecule has 2 aromatic carbocycles. The third kappa shape index (κ3) is 4.38. The number of nitrogens with one attached hydrogen (secondary N) is 1. The molecule has 1 N–H and O–H groups in total. The number of halogens is 1. The van der Waals surface area contributed by atoms with Crippen LogP contribution < -0.4 is 10.2 Å². The molecule has 5 nitrogen and oxygen atoms in total. The average Bonchev–Trinajstić information content (AvgIpc) is 3.13. The first-order valence-corrected chi connectivity index (χ1v) is 10.4. The van der Waals surface area contributed by atoms with Crippen molar-refractivity contribution in [1.29, 1.82) is 0 Å². The van der Waals surface area contributed by atoms with Crippen LogP contribution in [0, 0.1) is 5.82 Å². The number of carbonyl (C=O) groups is 2. The smallest absolute Gasteiger partial charge is 0.227 e. The summed E-state index contributed by atoms with van der Waals surface area (Å²) in [6.45, 7) is 4.30. The first-order chi connectivity index (χ1) is 14.3. The van der Waals surface area contributed by atoms with E-state index in [0.717, 1.165) is 29.8 Å². The van der Waals surface area contributed by atoms with E-state index in [1.165, 1.54) is 19.1 Å². The van der Waals surface area contributed by atoms with Crippen molar-refractivity contribution in [3.05, 3.63) is 65.5 Å². The van der Waals surface area contributed by atoms with Gasteiger partial charge in [0.1, 0.15) is 5.82 Å². The Labute approximate surface area is 176 Å². The summed E-state index contributed by atoms with van der Waals surface area (Å²) in [4.78, 5) is 25.7. The van der Waals surface area contributed by atoms with Crippen LogP contribution in [-0.2, 0) is 14.3 Å². The number of carbonyl (C=O) groups excluding carboxylic acids is 2. The highest BCUT2D eigenvalue weighted by Crippen LogP contribution is 2.44. The van der Waals surface area contributed by atoms with Crippen molar-refractivity contribution >= 4 is 17.5 Å². The molecule has 4 rings (SSSR count). The van der Waals surface area contributed by atoms with Crippen molar-refractivity contribution in [1.82, 2.24) is 5.32 Å². The van der Waals surface area contributed by atoms with Gasteiger partial charge in [-0.05, 0) is 48.7 Å². The molecule has 0 radical (unpaired) electrons. The molecule has 2 heterocycles. The van der Waals surface area contributed by atoms with Gasteiger partial charge < -0.3 is 15.0 Å².